The molecule has 6 nitrogen and oxygen atoms in total. The summed E-state index contributed by atoms with van der Waals surface area (Å²) >= 11 is 0. The molecular formula is C23H21FN2O4. The lowest BCUT2D eigenvalue weighted by Crippen LogP contribution is -2.36. The number of halogens is 1. The number of carbonyl (C=O) groups excluding carboxylic acids is 2. The van der Waals surface area contributed by atoms with Crippen molar-refractivity contribution in [2.45, 2.75) is 13.0 Å². The van der Waals surface area contributed by atoms with Crippen LogP contribution in [0.15, 0.2) is 72.8 Å². The molecule has 3 N–H and O–H groups in total. The van der Waals surface area contributed by atoms with E-state index in [1.807, 2.05) is 0 Å². The van der Waals surface area contributed by atoms with Crippen LogP contribution in [-0.4, -0.2) is 24.5 Å². The second-order valence-corrected chi connectivity index (χ2v) is 6.63. The molecule has 0 heterocycles. The Balaban J connectivity index is 1.52. The molecule has 3 aromatic rings. The Bertz CT molecular complexity index is 1020. The maximum Gasteiger partial charge on any atom is 0.251 e. The number of hydrogen-bond donors (Lipinski definition) is 2. The molecule has 3 aromatic carbocycles. The average molecular weight is 408 g/mol. The largest absolute Gasteiger partial charge is 0.488 e. The number of primary amides is 1. The summed E-state index contributed by atoms with van der Waals surface area (Å²) in [6.45, 7) is 1.90. The van der Waals surface area contributed by atoms with Gasteiger partial charge in [0, 0.05) is 11.1 Å². The molecule has 1 unspecified atom stereocenters. The molecule has 30 heavy (non-hydrogen) atoms. The summed E-state index contributed by atoms with van der Waals surface area (Å²) in [5.41, 5.74) is 6.05. The number of benzene rings is 3. The molecule has 0 aliphatic carbocycles. The third kappa shape index (κ3) is 5.57. The highest BCUT2D eigenvalue weighted by Gasteiger charge is 2.12. The van der Waals surface area contributed by atoms with E-state index in [0.29, 0.717) is 22.6 Å². The summed E-state index contributed by atoms with van der Waals surface area (Å²) in [6.07, 6.45) is 0. The van der Waals surface area contributed by atoms with Gasteiger partial charge < -0.3 is 20.5 Å². The van der Waals surface area contributed by atoms with E-state index < -0.39 is 11.7 Å². The maximum atomic E-state index is 13.6. The minimum atomic E-state index is -0.509. The first-order valence-electron chi connectivity index (χ1n) is 9.28. The minimum Gasteiger partial charge on any atom is -0.488 e. The molecule has 154 valence electrons. The Kier molecular flexibility index (Phi) is 6.64. The molecule has 2 amide bonds. The van der Waals surface area contributed by atoms with E-state index in [-0.39, 0.29) is 24.3 Å². The van der Waals surface area contributed by atoms with Gasteiger partial charge in [0.1, 0.15) is 18.1 Å². The van der Waals surface area contributed by atoms with Crippen molar-refractivity contribution in [3.05, 3.63) is 89.7 Å². The molecule has 0 bridgehead atoms. The molecule has 0 saturated heterocycles. The van der Waals surface area contributed by atoms with Gasteiger partial charge >= 0.3 is 0 Å². The zero-order valence-electron chi connectivity index (χ0n) is 16.3. The molecule has 0 fully saturated rings. The van der Waals surface area contributed by atoms with Crippen LogP contribution in [0, 0.1) is 5.82 Å². The Morgan fingerprint density at radius 2 is 1.50 bits per heavy atom. The molecule has 7 heteroatoms. The highest BCUT2D eigenvalue weighted by atomic mass is 19.1. The predicted octanol–water partition coefficient (Wildman–Crippen LogP) is 3.91. The van der Waals surface area contributed by atoms with E-state index in [9.17, 15) is 14.0 Å². The van der Waals surface area contributed by atoms with Crippen molar-refractivity contribution in [1.29, 1.82) is 0 Å². The first-order chi connectivity index (χ1) is 14.4. The lowest BCUT2D eigenvalue weighted by atomic mass is 10.2. The van der Waals surface area contributed by atoms with Crippen molar-refractivity contribution in [1.82, 2.24) is 5.32 Å². The SMILES string of the molecule is CC(COc1ccccc1F)NC(=O)c1ccc(Oc2ccc(C(N)=O)cc2)cc1. The van der Waals surface area contributed by atoms with Gasteiger partial charge in [-0.15, -0.1) is 0 Å². The summed E-state index contributed by atoms with van der Waals surface area (Å²) in [4.78, 5) is 23.5. The Labute approximate surface area is 173 Å². The van der Waals surface area contributed by atoms with Gasteiger partial charge in [0.2, 0.25) is 5.91 Å². The van der Waals surface area contributed by atoms with E-state index >= 15 is 0 Å². The number of hydrogen-bond acceptors (Lipinski definition) is 4. The Morgan fingerprint density at radius 1 is 0.933 bits per heavy atom. The van der Waals surface area contributed by atoms with Crippen molar-refractivity contribution in [2.75, 3.05) is 6.61 Å². The highest BCUT2D eigenvalue weighted by Crippen LogP contribution is 2.22. The van der Waals surface area contributed by atoms with Gasteiger partial charge in [-0.05, 0) is 67.6 Å². The van der Waals surface area contributed by atoms with Crippen molar-refractivity contribution in [3.8, 4) is 17.2 Å². The normalized spacial score (nSPS) is 11.4. The van der Waals surface area contributed by atoms with E-state index in [2.05, 4.69) is 5.32 Å². The lowest BCUT2D eigenvalue weighted by Gasteiger charge is -2.15. The standard InChI is InChI=1S/C23H21FN2O4/c1-15(14-29-21-5-3-2-4-20(21)24)26-23(28)17-8-12-19(13-9-17)30-18-10-6-16(7-11-18)22(25)27/h2-13,15H,14H2,1H3,(H2,25,27)(H,26,28). The van der Waals surface area contributed by atoms with E-state index in [1.54, 1.807) is 67.6 Å². The number of nitrogens with one attached hydrogen (secondary N) is 1. The van der Waals surface area contributed by atoms with Gasteiger partial charge in [-0.25, -0.2) is 4.39 Å². The third-order valence-corrected chi connectivity index (χ3v) is 4.19. The quantitative estimate of drug-likeness (QED) is 0.591. The van der Waals surface area contributed by atoms with Crippen LogP contribution in [0.2, 0.25) is 0 Å². The van der Waals surface area contributed by atoms with Crippen LogP contribution in [0.5, 0.6) is 17.2 Å². The molecule has 0 radical (unpaired) electrons. The van der Waals surface area contributed by atoms with Crippen molar-refractivity contribution in [2.24, 2.45) is 5.73 Å². The molecule has 1 atom stereocenters. The summed E-state index contributed by atoms with van der Waals surface area (Å²) in [5, 5.41) is 2.80. The van der Waals surface area contributed by atoms with Gasteiger partial charge in [0.25, 0.3) is 5.91 Å². The molecule has 0 spiro atoms. The number of para-hydroxylation sites is 1. The fourth-order valence-corrected chi connectivity index (χ4v) is 2.62. The number of rotatable bonds is 8. The first-order valence-corrected chi connectivity index (χ1v) is 9.28. The van der Waals surface area contributed by atoms with Gasteiger partial charge in [0.15, 0.2) is 11.6 Å². The smallest absolute Gasteiger partial charge is 0.251 e. The average Bonchev–Trinajstić information content (AvgIpc) is 2.74. The Hall–Kier alpha value is -3.87. The zero-order chi connectivity index (χ0) is 21.5. The summed E-state index contributed by atoms with van der Waals surface area (Å²) in [6, 6.07) is 18.8. The zero-order valence-corrected chi connectivity index (χ0v) is 16.3. The van der Waals surface area contributed by atoms with Crippen LogP contribution in [0.3, 0.4) is 0 Å². The third-order valence-electron chi connectivity index (χ3n) is 4.19. The minimum absolute atomic E-state index is 0.134. The molecule has 0 aromatic heterocycles. The van der Waals surface area contributed by atoms with Crippen LogP contribution in [-0.2, 0) is 0 Å². The lowest BCUT2D eigenvalue weighted by molar-refractivity contribution is 0.0925. The fourth-order valence-electron chi connectivity index (χ4n) is 2.62. The maximum absolute atomic E-state index is 13.6. The van der Waals surface area contributed by atoms with E-state index in [0.717, 1.165) is 0 Å². The van der Waals surface area contributed by atoms with Gasteiger partial charge in [0.05, 0.1) is 6.04 Å². The topological polar surface area (TPSA) is 90.7 Å². The van der Waals surface area contributed by atoms with Gasteiger partial charge in [-0.1, -0.05) is 12.1 Å². The molecule has 0 aliphatic heterocycles. The van der Waals surface area contributed by atoms with Gasteiger partial charge in [-0.2, -0.15) is 0 Å². The number of amides is 2. The van der Waals surface area contributed by atoms with Gasteiger partial charge in [-0.3, -0.25) is 9.59 Å². The van der Waals surface area contributed by atoms with Crippen LogP contribution < -0.4 is 20.5 Å². The summed E-state index contributed by atoms with van der Waals surface area (Å²) in [7, 11) is 0. The Morgan fingerprint density at radius 3 is 2.07 bits per heavy atom. The molecular weight excluding hydrogens is 387 g/mol. The monoisotopic (exact) mass is 408 g/mol. The molecule has 3 rings (SSSR count). The van der Waals surface area contributed by atoms with E-state index in [1.165, 1.54) is 12.1 Å². The first kappa shape index (κ1) is 20.9. The highest BCUT2D eigenvalue weighted by molar-refractivity contribution is 5.94. The molecule has 0 saturated carbocycles. The van der Waals surface area contributed by atoms with Crippen molar-refractivity contribution < 1.29 is 23.5 Å². The van der Waals surface area contributed by atoms with Crippen LogP contribution in [0.4, 0.5) is 4.39 Å². The van der Waals surface area contributed by atoms with Crippen LogP contribution >= 0.6 is 0 Å². The number of ether oxygens (including phenoxy) is 2. The second-order valence-electron chi connectivity index (χ2n) is 6.63. The van der Waals surface area contributed by atoms with Crippen molar-refractivity contribution >= 4 is 11.8 Å². The molecule has 0 aliphatic rings. The van der Waals surface area contributed by atoms with E-state index in [4.69, 9.17) is 15.2 Å². The summed E-state index contributed by atoms with van der Waals surface area (Å²) in [5.74, 6) is -0.0206. The predicted molar refractivity (Wildman–Crippen MR) is 110 cm³/mol. The second kappa shape index (κ2) is 9.56. The number of nitrogens with two attached hydrogens (primary N) is 1. The summed E-state index contributed by atoms with van der Waals surface area (Å²) < 4.78 is 24.7. The van der Waals surface area contributed by atoms with Crippen LogP contribution in [0.25, 0.3) is 0 Å². The fraction of sp³-hybridized carbons (Fsp3) is 0.130. The van der Waals surface area contributed by atoms with Crippen molar-refractivity contribution in [3.63, 3.8) is 0 Å². The van der Waals surface area contributed by atoms with Crippen LogP contribution in [0.1, 0.15) is 27.6 Å². The number of carbonyl (C=O) groups is 2.